The van der Waals surface area contributed by atoms with Crippen LogP contribution >= 0.6 is 0 Å². The molecular weight excluding hydrogens is 749 g/mol. The molecule has 9 rings (SSSR count). The summed E-state index contributed by atoms with van der Waals surface area (Å²) < 4.78 is 0. The van der Waals surface area contributed by atoms with E-state index in [1.165, 1.54) is 36.1 Å². The second kappa shape index (κ2) is 16.1. The number of allylic oxidation sites excluding steroid dienone is 1. The van der Waals surface area contributed by atoms with Crippen molar-refractivity contribution in [1.82, 2.24) is 14.9 Å². The van der Waals surface area contributed by atoms with Crippen molar-refractivity contribution in [3.05, 3.63) is 95.0 Å². The highest BCUT2D eigenvalue weighted by atomic mass is 16.2. The lowest BCUT2D eigenvalue weighted by Crippen LogP contribution is -2.42. The molecule has 4 fully saturated rings. The standard InChI is InChI=1S/C50H60N6O4/c1-5-54(29-51)32(4)41-12-8-13-42(53-41)39-27-40-38(31(39)3)26-34(25-33-10-6-9-30(33)2)52-49(40)55-22-19-50(20-23-55)21-24-56(28-50)43-14-7-11-37-45(43)48(60)46(47(37)59)36-17-15-35(57)16-18-44(36)58/h7-8,11-14,26,30,33,36,39,46H,3-6,9-10,15-25,27-29,51H2,1-2H3. The van der Waals surface area contributed by atoms with Crippen molar-refractivity contribution in [1.29, 1.82) is 0 Å². The van der Waals surface area contributed by atoms with Crippen LogP contribution in [0.2, 0.25) is 0 Å². The summed E-state index contributed by atoms with van der Waals surface area (Å²) in [5.41, 5.74) is 15.3. The molecule has 2 aliphatic heterocycles. The Bertz CT molecular complexity index is 2270. The molecule has 5 atom stereocenters. The minimum Gasteiger partial charge on any atom is -0.370 e. The number of carbonyl (C=O) groups is 4. The van der Waals surface area contributed by atoms with Gasteiger partial charge >= 0.3 is 0 Å². The number of rotatable bonds is 10. The Labute approximate surface area is 354 Å². The quantitative estimate of drug-likeness (QED) is 0.123. The topological polar surface area (TPSA) is 130 Å². The molecule has 10 heteroatoms. The first kappa shape index (κ1) is 40.4. The lowest BCUT2D eigenvalue weighted by Gasteiger charge is -2.40. The van der Waals surface area contributed by atoms with E-state index in [2.05, 4.69) is 48.4 Å². The normalized spacial score (nSPS) is 26.2. The van der Waals surface area contributed by atoms with E-state index in [-0.39, 0.29) is 60.1 Å². The van der Waals surface area contributed by atoms with E-state index in [9.17, 15) is 19.2 Å². The molecule has 1 aromatic carbocycles. The second-order valence-electron chi connectivity index (χ2n) is 18.8. The van der Waals surface area contributed by atoms with Crippen LogP contribution in [0.5, 0.6) is 0 Å². The van der Waals surface area contributed by atoms with Crippen molar-refractivity contribution in [3.63, 3.8) is 0 Å². The predicted molar refractivity (Wildman–Crippen MR) is 236 cm³/mol. The monoisotopic (exact) mass is 808 g/mol. The van der Waals surface area contributed by atoms with Crippen LogP contribution < -0.4 is 15.5 Å². The molecule has 1 spiro atoms. The first-order valence-electron chi connectivity index (χ1n) is 22.6. The summed E-state index contributed by atoms with van der Waals surface area (Å²) in [4.78, 5) is 70.8. The number of fused-ring (bicyclic) bond motifs is 2. The zero-order valence-corrected chi connectivity index (χ0v) is 35.5. The van der Waals surface area contributed by atoms with Crippen molar-refractivity contribution in [2.75, 3.05) is 49.2 Å². The third-order valence-electron chi connectivity index (χ3n) is 15.5. The van der Waals surface area contributed by atoms with Gasteiger partial charge in [0.25, 0.3) is 0 Å². The minimum atomic E-state index is -1.02. The van der Waals surface area contributed by atoms with Gasteiger partial charge in [-0.1, -0.05) is 51.1 Å². The lowest BCUT2D eigenvalue weighted by molar-refractivity contribution is -0.124. The van der Waals surface area contributed by atoms with Gasteiger partial charge in [0.1, 0.15) is 17.4 Å². The van der Waals surface area contributed by atoms with Crippen LogP contribution in [-0.4, -0.2) is 77.4 Å². The number of carbonyl (C=O) groups excluding carboxylic acids is 4. The van der Waals surface area contributed by atoms with Gasteiger partial charge in [-0.3, -0.25) is 24.2 Å². The number of aromatic nitrogens is 2. The summed E-state index contributed by atoms with van der Waals surface area (Å²) in [6, 6.07) is 14.1. The second-order valence-corrected chi connectivity index (χ2v) is 18.8. The minimum absolute atomic E-state index is 0.0319. The zero-order chi connectivity index (χ0) is 41.9. The van der Waals surface area contributed by atoms with E-state index in [0.717, 1.165) is 99.0 Å². The molecule has 0 bridgehead atoms. The van der Waals surface area contributed by atoms with Crippen molar-refractivity contribution >= 4 is 45.9 Å². The maximum atomic E-state index is 14.2. The van der Waals surface area contributed by atoms with Crippen LogP contribution in [0, 0.1) is 29.1 Å². The molecule has 2 saturated carbocycles. The van der Waals surface area contributed by atoms with E-state index >= 15 is 0 Å². The molecular formula is C50H60N6O4. The molecule has 2 aromatic heterocycles. The molecule has 5 unspecified atom stereocenters. The van der Waals surface area contributed by atoms with Crippen LogP contribution in [0.15, 0.2) is 55.6 Å². The van der Waals surface area contributed by atoms with Gasteiger partial charge in [0.2, 0.25) is 0 Å². The first-order chi connectivity index (χ1) is 29.0. The van der Waals surface area contributed by atoms with Crippen LogP contribution in [0.3, 0.4) is 0 Å². The first-order valence-corrected chi connectivity index (χ1v) is 22.6. The number of ketones is 4. The fraction of sp³-hybridized carbons (Fsp3) is 0.520. The van der Waals surface area contributed by atoms with Gasteiger partial charge in [-0.2, -0.15) is 0 Å². The molecule has 4 heterocycles. The molecule has 0 amide bonds. The summed E-state index contributed by atoms with van der Waals surface area (Å²) in [6.45, 7) is 18.1. The van der Waals surface area contributed by atoms with Gasteiger partial charge in [0.15, 0.2) is 11.6 Å². The number of anilines is 2. The Morgan fingerprint density at radius 1 is 0.917 bits per heavy atom. The molecule has 2 saturated heterocycles. The summed E-state index contributed by atoms with van der Waals surface area (Å²) in [6.07, 6.45) is 9.47. The predicted octanol–water partition coefficient (Wildman–Crippen LogP) is 7.84. The number of Topliss-reactive ketones (excluding diaryl/α,β-unsaturated/α-hetero) is 4. The van der Waals surface area contributed by atoms with E-state index in [1.807, 2.05) is 23.1 Å². The Balaban J connectivity index is 0.949. The number of benzene rings is 1. The molecule has 0 radical (unpaired) electrons. The maximum Gasteiger partial charge on any atom is 0.177 e. The molecule has 2 N–H and O–H groups in total. The molecule has 3 aromatic rings. The Morgan fingerprint density at radius 2 is 1.68 bits per heavy atom. The molecule has 314 valence electrons. The van der Waals surface area contributed by atoms with E-state index in [1.54, 1.807) is 6.07 Å². The van der Waals surface area contributed by atoms with E-state index in [0.29, 0.717) is 29.6 Å². The molecule has 60 heavy (non-hydrogen) atoms. The number of nitrogens with two attached hydrogens (primary N) is 1. The highest BCUT2D eigenvalue weighted by Crippen LogP contribution is 2.49. The van der Waals surface area contributed by atoms with E-state index < -0.39 is 11.8 Å². The van der Waals surface area contributed by atoms with Crippen molar-refractivity contribution < 1.29 is 19.2 Å². The highest BCUT2D eigenvalue weighted by molar-refractivity contribution is 6.29. The number of pyridine rings is 2. The van der Waals surface area contributed by atoms with Crippen LogP contribution in [0.4, 0.5) is 11.5 Å². The summed E-state index contributed by atoms with van der Waals surface area (Å²) in [5.74, 6) is 0.157. The molecule has 10 nitrogen and oxygen atoms in total. The maximum absolute atomic E-state index is 14.2. The van der Waals surface area contributed by atoms with Crippen LogP contribution in [-0.2, 0) is 22.4 Å². The van der Waals surface area contributed by atoms with Gasteiger partial charge in [-0.05, 0) is 105 Å². The van der Waals surface area contributed by atoms with Crippen LogP contribution in [0.1, 0.15) is 133 Å². The Hall–Kier alpha value is -4.96. The largest absolute Gasteiger partial charge is 0.370 e. The highest BCUT2D eigenvalue weighted by Gasteiger charge is 2.49. The molecule has 4 aliphatic carbocycles. The smallest absolute Gasteiger partial charge is 0.177 e. The van der Waals surface area contributed by atoms with Gasteiger partial charge in [-0.15, -0.1) is 0 Å². The number of piperidine rings is 1. The third-order valence-corrected chi connectivity index (χ3v) is 15.5. The number of hydrogen-bond donors (Lipinski definition) is 1. The van der Waals surface area contributed by atoms with Crippen LogP contribution in [0.25, 0.3) is 11.3 Å². The third kappa shape index (κ3) is 7.12. The van der Waals surface area contributed by atoms with Gasteiger partial charge in [-0.25, -0.2) is 4.98 Å². The number of hydrogen-bond acceptors (Lipinski definition) is 10. The average molecular weight is 809 g/mol. The summed E-state index contributed by atoms with van der Waals surface area (Å²) in [7, 11) is 0. The van der Waals surface area contributed by atoms with Crippen molar-refractivity contribution in [2.45, 2.75) is 96.8 Å². The lowest BCUT2D eigenvalue weighted by atomic mass is 9.77. The summed E-state index contributed by atoms with van der Waals surface area (Å²) in [5, 5.41) is 0. The van der Waals surface area contributed by atoms with Crippen molar-refractivity contribution in [3.8, 4) is 0 Å². The van der Waals surface area contributed by atoms with Gasteiger partial charge in [0.05, 0.1) is 29.5 Å². The summed E-state index contributed by atoms with van der Waals surface area (Å²) >= 11 is 0. The fourth-order valence-electron chi connectivity index (χ4n) is 11.7. The fourth-order valence-corrected chi connectivity index (χ4v) is 11.7. The van der Waals surface area contributed by atoms with Gasteiger partial charge < -0.3 is 20.4 Å². The zero-order valence-electron chi connectivity index (χ0n) is 35.5. The SMILES string of the molecule is C=C1c2cc(CC3CCCC3C)nc(N3CCC4(CCN(c5cccc6c5C(=O)C(C5CCC(=O)CCC5=O)C6=O)C4)CC3)c2CC1c1cccc(C(=C)N(CC)CN)n1. The van der Waals surface area contributed by atoms with Gasteiger partial charge in [0, 0.05) is 92.0 Å². The van der Waals surface area contributed by atoms with E-state index in [4.69, 9.17) is 22.3 Å². The molecule has 6 aliphatic rings. The van der Waals surface area contributed by atoms with Crippen molar-refractivity contribution in [2.24, 2.45) is 34.8 Å². The Morgan fingerprint density at radius 3 is 2.42 bits per heavy atom. The average Bonchev–Trinajstić information content (AvgIpc) is 3.99. The number of nitrogens with zero attached hydrogens (tertiary/aromatic N) is 5. The Kier molecular flexibility index (Phi) is 10.9.